The number of nitrogens with zero attached hydrogens (tertiary/aromatic N) is 1. The van der Waals surface area contributed by atoms with Gasteiger partial charge in [0.25, 0.3) is 0 Å². The predicted molar refractivity (Wildman–Crippen MR) is 62.0 cm³/mol. The van der Waals surface area contributed by atoms with Crippen molar-refractivity contribution in [3.05, 3.63) is 29.0 Å². The molecule has 82 valence electrons. The Kier molecular flexibility index (Phi) is 3.15. The summed E-state index contributed by atoms with van der Waals surface area (Å²) in [6, 6.07) is 4.90. The van der Waals surface area contributed by atoms with Crippen molar-refractivity contribution < 1.29 is 4.39 Å². The molecule has 1 aromatic rings. The van der Waals surface area contributed by atoms with Gasteiger partial charge in [-0.05, 0) is 37.0 Å². The van der Waals surface area contributed by atoms with Crippen molar-refractivity contribution in [1.29, 1.82) is 0 Å². The highest BCUT2D eigenvalue weighted by molar-refractivity contribution is 6.30. The Morgan fingerprint density at radius 1 is 1.33 bits per heavy atom. The Morgan fingerprint density at radius 2 is 2.00 bits per heavy atom. The summed E-state index contributed by atoms with van der Waals surface area (Å²) in [7, 11) is 0. The normalized spacial score (nSPS) is 18.2. The van der Waals surface area contributed by atoms with E-state index < -0.39 is 0 Å². The van der Waals surface area contributed by atoms with Gasteiger partial charge >= 0.3 is 0 Å². The minimum absolute atomic E-state index is 0.211. The van der Waals surface area contributed by atoms with E-state index in [9.17, 15) is 4.39 Å². The standard InChI is InChI=1S/C12H15ClFN/c1-9-4-6-15(7-5-9)12-3-2-10(13)8-11(12)14/h2-3,8-9H,4-7H2,1H3. The molecule has 1 aliphatic heterocycles. The molecule has 1 aromatic carbocycles. The highest BCUT2D eigenvalue weighted by Crippen LogP contribution is 2.27. The van der Waals surface area contributed by atoms with Crippen LogP contribution in [0, 0.1) is 11.7 Å². The minimum atomic E-state index is -0.211. The number of hydrogen-bond donors (Lipinski definition) is 0. The molecule has 0 bridgehead atoms. The van der Waals surface area contributed by atoms with Gasteiger partial charge in [0.2, 0.25) is 0 Å². The summed E-state index contributed by atoms with van der Waals surface area (Å²) < 4.78 is 13.6. The number of halogens is 2. The van der Waals surface area contributed by atoms with E-state index in [4.69, 9.17) is 11.6 Å². The average Bonchev–Trinajstić information content (AvgIpc) is 2.20. The summed E-state index contributed by atoms with van der Waals surface area (Å²) in [6.45, 7) is 4.13. The molecule has 1 saturated heterocycles. The Morgan fingerprint density at radius 3 is 2.60 bits per heavy atom. The van der Waals surface area contributed by atoms with Gasteiger partial charge in [-0.15, -0.1) is 0 Å². The van der Waals surface area contributed by atoms with Crippen molar-refractivity contribution in [3.63, 3.8) is 0 Å². The van der Waals surface area contributed by atoms with Crippen LogP contribution in [-0.4, -0.2) is 13.1 Å². The van der Waals surface area contributed by atoms with Gasteiger partial charge < -0.3 is 4.90 Å². The minimum Gasteiger partial charge on any atom is -0.369 e. The fraction of sp³-hybridized carbons (Fsp3) is 0.500. The molecule has 1 fully saturated rings. The third-order valence-corrected chi connectivity index (χ3v) is 3.27. The summed E-state index contributed by atoms with van der Waals surface area (Å²) in [5.41, 5.74) is 0.686. The lowest BCUT2D eigenvalue weighted by Gasteiger charge is -2.32. The number of piperidine rings is 1. The Labute approximate surface area is 94.8 Å². The molecular weight excluding hydrogens is 213 g/mol. The van der Waals surface area contributed by atoms with Gasteiger partial charge in [-0.3, -0.25) is 0 Å². The summed E-state index contributed by atoms with van der Waals surface area (Å²) in [5, 5.41) is 0.460. The van der Waals surface area contributed by atoms with Crippen LogP contribution >= 0.6 is 11.6 Å². The highest BCUT2D eigenvalue weighted by atomic mass is 35.5. The lowest BCUT2D eigenvalue weighted by Crippen LogP contribution is -2.33. The van der Waals surface area contributed by atoms with Crippen molar-refractivity contribution in [2.75, 3.05) is 18.0 Å². The Bertz CT molecular complexity index is 345. The van der Waals surface area contributed by atoms with E-state index in [1.807, 2.05) is 0 Å². The summed E-state index contributed by atoms with van der Waals surface area (Å²) in [5.74, 6) is 0.550. The summed E-state index contributed by atoms with van der Waals surface area (Å²) >= 11 is 5.72. The number of rotatable bonds is 1. The second-order valence-electron chi connectivity index (χ2n) is 4.27. The van der Waals surface area contributed by atoms with Crippen LogP contribution in [0.15, 0.2) is 18.2 Å². The molecule has 0 N–H and O–H groups in total. The summed E-state index contributed by atoms with van der Waals surface area (Å²) in [6.07, 6.45) is 2.28. The van der Waals surface area contributed by atoms with Gasteiger partial charge in [-0.2, -0.15) is 0 Å². The first kappa shape index (κ1) is 10.7. The average molecular weight is 228 g/mol. The molecule has 1 heterocycles. The van der Waals surface area contributed by atoms with Crippen LogP contribution in [-0.2, 0) is 0 Å². The zero-order valence-corrected chi connectivity index (χ0v) is 9.60. The van der Waals surface area contributed by atoms with Crippen molar-refractivity contribution in [2.24, 2.45) is 5.92 Å². The van der Waals surface area contributed by atoms with Crippen molar-refractivity contribution in [1.82, 2.24) is 0 Å². The highest BCUT2D eigenvalue weighted by Gasteiger charge is 2.18. The molecule has 3 heteroatoms. The summed E-state index contributed by atoms with van der Waals surface area (Å²) in [4.78, 5) is 2.10. The molecule has 0 spiro atoms. The Hall–Kier alpha value is -0.760. The fourth-order valence-corrected chi connectivity index (χ4v) is 2.15. The molecule has 0 saturated carbocycles. The second-order valence-corrected chi connectivity index (χ2v) is 4.70. The fourth-order valence-electron chi connectivity index (χ4n) is 1.99. The molecule has 0 unspecified atom stereocenters. The van der Waals surface area contributed by atoms with E-state index >= 15 is 0 Å². The van der Waals surface area contributed by atoms with Crippen LogP contribution < -0.4 is 4.90 Å². The van der Waals surface area contributed by atoms with Gasteiger partial charge in [0.15, 0.2) is 0 Å². The van der Waals surface area contributed by atoms with E-state index in [1.165, 1.54) is 6.07 Å². The molecule has 1 aliphatic rings. The van der Waals surface area contributed by atoms with Gasteiger partial charge in [-0.1, -0.05) is 18.5 Å². The molecule has 0 atom stereocenters. The molecule has 15 heavy (non-hydrogen) atoms. The first-order valence-corrected chi connectivity index (χ1v) is 5.74. The number of hydrogen-bond acceptors (Lipinski definition) is 1. The lowest BCUT2D eigenvalue weighted by molar-refractivity contribution is 0.434. The molecule has 0 radical (unpaired) electrons. The van der Waals surface area contributed by atoms with E-state index in [1.54, 1.807) is 12.1 Å². The quantitative estimate of drug-likeness (QED) is 0.707. The Balaban J connectivity index is 2.15. The maximum absolute atomic E-state index is 13.6. The first-order valence-electron chi connectivity index (χ1n) is 5.37. The van der Waals surface area contributed by atoms with Crippen LogP contribution in [0.3, 0.4) is 0 Å². The van der Waals surface area contributed by atoms with E-state index in [0.29, 0.717) is 10.7 Å². The van der Waals surface area contributed by atoms with Gasteiger partial charge in [0, 0.05) is 18.1 Å². The number of benzene rings is 1. The van der Waals surface area contributed by atoms with Gasteiger partial charge in [0.1, 0.15) is 5.82 Å². The zero-order valence-electron chi connectivity index (χ0n) is 8.84. The largest absolute Gasteiger partial charge is 0.369 e. The van der Waals surface area contributed by atoms with Crippen molar-refractivity contribution in [2.45, 2.75) is 19.8 Å². The molecule has 0 amide bonds. The topological polar surface area (TPSA) is 3.24 Å². The van der Waals surface area contributed by atoms with Crippen molar-refractivity contribution in [3.8, 4) is 0 Å². The van der Waals surface area contributed by atoms with Crippen LogP contribution in [0.2, 0.25) is 5.02 Å². The van der Waals surface area contributed by atoms with Gasteiger partial charge in [-0.25, -0.2) is 4.39 Å². The third-order valence-electron chi connectivity index (χ3n) is 3.03. The number of anilines is 1. The maximum Gasteiger partial charge on any atom is 0.147 e. The monoisotopic (exact) mass is 227 g/mol. The molecule has 2 rings (SSSR count). The van der Waals surface area contributed by atoms with E-state index in [0.717, 1.165) is 31.8 Å². The van der Waals surface area contributed by atoms with E-state index in [2.05, 4.69) is 11.8 Å². The second kappa shape index (κ2) is 4.40. The maximum atomic E-state index is 13.6. The predicted octanol–water partition coefficient (Wildman–Crippen LogP) is 3.72. The smallest absolute Gasteiger partial charge is 0.147 e. The molecule has 0 aromatic heterocycles. The van der Waals surface area contributed by atoms with Crippen LogP contribution in [0.25, 0.3) is 0 Å². The SMILES string of the molecule is CC1CCN(c2ccc(Cl)cc2F)CC1. The molecule has 1 nitrogen and oxygen atoms in total. The molecular formula is C12H15ClFN. The van der Waals surface area contributed by atoms with Crippen molar-refractivity contribution >= 4 is 17.3 Å². The zero-order chi connectivity index (χ0) is 10.8. The lowest BCUT2D eigenvalue weighted by atomic mass is 9.99. The van der Waals surface area contributed by atoms with Crippen LogP contribution in [0.5, 0.6) is 0 Å². The first-order chi connectivity index (χ1) is 7.16. The van der Waals surface area contributed by atoms with Crippen LogP contribution in [0.1, 0.15) is 19.8 Å². The van der Waals surface area contributed by atoms with Gasteiger partial charge in [0.05, 0.1) is 5.69 Å². The van der Waals surface area contributed by atoms with Crippen LogP contribution in [0.4, 0.5) is 10.1 Å². The van der Waals surface area contributed by atoms with E-state index in [-0.39, 0.29) is 5.82 Å². The molecule has 0 aliphatic carbocycles. The third kappa shape index (κ3) is 2.43.